The standard InChI is InChI=1S/C21H25F4NO2/c1-15(2)18-9-8-17(22)14-19(18)28-13-12-27-11-10-26-20(21(23,24)25)16-6-4-3-5-7-16/h3-9,14-15,20,26H,10-13H2,1-2H3. The fourth-order valence-electron chi connectivity index (χ4n) is 2.77. The summed E-state index contributed by atoms with van der Waals surface area (Å²) in [5.74, 6) is 0.250. The molecular weight excluding hydrogens is 374 g/mol. The lowest BCUT2D eigenvalue weighted by Crippen LogP contribution is -2.36. The van der Waals surface area contributed by atoms with Gasteiger partial charge in [-0.25, -0.2) is 4.39 Å². The van der Waals surface area contributed by atoms with Crippen molar-refractivity contribution in [1.82, 2.24) is 5.32 Å². The normalized spacial score (nSPS) is 13.0. The molecule has 2 aromatic rings. The Morgan fingerprint density at radius 3 is 2.32 bits per heavy atom. The Labute approximate surface area is 162 Å². The van der Waals surface area contributed by atoms with E-state index in [9.17, 15) is 17.6 Å². The Balaban J connectivity index is 1.74. The molecule has 2 aromatic carbocycles. The van der Waals surface area contributed by atoms with E-state index in [-0.39, 0.29) is 43.7 Å². The van der Waals surface area contributed by atoms with Crippen molar-refractivity contribution in [2.24, 2.45) is 0 Å². The van der Waals surface area contributed by atoms with E-state index in [1.54, 1.807) is 24.3 Å². The molecular formula is C21H25F4NO2. The Morgan fingerprint density at radius 1 is 0.964 bits per heavy atom. The van der Waals surface area contributed by atoms with Gasteiger partial charge in [0.1, 0.15) is 24.2 Å². The maximum absolute atomic E-state index is 13.4. The van der Waals surface area contributed by atoms with Gasteiger partial charge in [0.05, 0.1) is 13.2 Å². The van der Waals surface area contributed by atoms with Crippen molar-refractivity contribution in [1.29, 1.82) is 0 Å². The van der Waals surface area contributed by atoms with Gasteiger partial charge in [0.25, 0.3) is 0 Å². The number of halogens is 4. The molecule has 0 aliphatic rings. The lowest BCUT2D eigenvalue weighted by atomic mass is 10.0. The van der Waals surface area contributed by atoms with Crippen LogP contribution in [0.15, 0.2) is 48.5 Å². The van der Waals surface area contributed by atoms with Crippen LogP contribution in [0.5, 0.6) is 5.75 Å². The third kappa shape index (κ3) is 6.80. The molecule has 7 heteroatoms. The lowest BCUT2D eigenvalue weighted by Gasteiger charge is -2.22. The summed E-state index contributed by atoms with van der Waals surface area (Å²) in [4.78, 5) is 0. The van der Waals surface area contributed by atoms with Crippen LogP contribution in [0.4, 0.5) is 17.6 Å². The molecule has 3 nitrogen and oxygen atoms in total. The molecule has 0 bridgehead atoms. The second-order valence-corrected chi connectivity index (χ2v) is 6.64. The maximum Gasteiger partial charge on any atom is 0.407 e. The van der Waals surface area contributed by atoms with Crippen LogP contribution in [0.25, 0.3) is 0 Å². The highest BCUT2D eigenvalue weighted by Crippen LogP contribution is 2.32. The third-order valence-corrected chi connectivity index (χ3v) is 4.14. The van der Waals surface area contributed by atoms with E-state index in [0.29, 0.717) is 5.75 Å². The SMILES string of the molecule is CC(C)c1ccc(F)cc1OCCOCCNC(c1ccccc1)C(F)(F)F. The molecule has 0 radical (unpaired) electrons. The van der Waals surface area contributed by atoms with Crippen LogP contribution < -0.4 is 10.1 Å². The Hall–Kier alpha value is -2.12. The predicted octanol–water partition coefficient (Wildman–Crippen LogP) is 5.24. The molecule has 0 spiro atoms. The summed E-state index contributed by atoms with van der Waals surface area (Å²) >= 11 is 0. The monoisotopic (exact) mass is 399 g/mol. The first-order valence-electron chi connectivity index (χ1n) is 9.14. The molecule has 0 aromatic heterocycles. The smallest absolute Gasteiger partial charge is 0.407 e. The zero-order valence-corrected chi connectivity index (χ0v) is 15.9. The lowest BCUT2D eigenvalue weighted by molar-refractivity contribution is -0.158. The molecule has 1 N–H and O–H groups in total. The van der Waals surface area contributed by atoms with Crippen molar-refractivity contribution in [3.63, 3.8) is 0 Å². The molecule has 0 fully saturated rings. The number of ether oxygens (including phenoxy) is 2. The summed E-state index contributed by atoms with van der Waals surface area (Å²) in [5, 5.41) is 2.48. The molecule has 1 unspecified atom stereocenters. The highest BCUT2D eigenvalue weighted by molar-refractivity contribution is 5.36. The molecule has 1 atom stereocenters. The zero-order chi connectivity index (χ0) is 20.6. The minimum atomic E-state index is -4.39. The number of benzene rings is 2. The second kappa shape index (κ2) is 10.4. The van der Waals surface area contributed by atoms with Crippen molar-refractivity contribution in [2.45, 2.75) is 32.0 Å². The van der Waals surface area contributed by atoms with Gasteiger partial charge in [-0.3, -0.25) is 0 Å². The van der Waals surface area contributed by atoms with Gasteiger partial charge in [0.2, 0.25) is 0 Å². The van der Waals surface area contributed by atoms with Gasteiger partial charge in [0, 0.05) is 12.6 Å². The van der Waals surface area contributed by atoms with Crippen LogP contribution in [-0.4, -0.2) is 32.5 Å². The molecule has 0 amide bonds. The average molecular weight is 399 g/mol. The quantitative estimate of drug-likeness (QED) is 0.438. The topological polar surface area (TPSA) is 30.5 Å². The van der Waals surface area contributed by atoms with E-state index in [1.807, 2.05) is 13.8 Å². The first kappa shape index (κ1) is 22.2. The Bertz CT molecular complexity index is 720. The summed E-state index contributed by atoms with van der Waals surface area (Å²) in [6.45, 7) is 4.47. The molecule has 154 valence electrons. The first-order chi connectivity index (χ1) is 13.3. The van der Waals surface area contributed by atoms with Gasteiger partial charge in [-0.05, 0) is 23.1 Å². The molecule has 0 saturated carbocycles. The number of alkyl halides is 3. The van der Waals surface area contributed by atoms with E-state index in [2.05, 4.69) is 5.32 Å². The summed E-state index contributed by atoms with van der Waals surface area (Å²) in [6, 6.07) is 10.3. The number of nitrogens with one attached hydrogen (secondary N) is 1. The molecule has 2 rings (SSSR count). The predicted molar refractivity (Wildman–Crippen MR) is 100 cm³/mol. The van der Waals surface area contributed by atoms with Crippen LogP contribution in [-0.2, 0) is 4.74 Å². The first-order valence-corrected chi connectivity index (χ1v) is 9.14. The van der Waals surface area contributed by atoms with Crippen molar-refractivity contribution in [3.05, 3.63) is 65.5 Å². The van der Waals surface area contributed by atoms with Crippen molar-refractivity contribution in [2.75, 3.05) is 26.4 Å². The molecule has 0 saturated heterocycles. The van der Waals surface area contributed by atoms with E-state index in [0.717, 1.165) is 5.56 Å². The summed E-state index contributed by atoms with van der Waals surface area (Å²) in [7, 11) is 0. The Morgan fingerprint density at radius 2 is 1.68 bits per heavy atom. The zero-order valence-electron chi connectivity index (χ0n) is 15.9. The molecule has 0 aliphatic carbocycles. The average Bonchev–Trinajstić information content (AvgIpc) is 2.63. The highest BCUT2D eigenvalue weighted by Gasteiger charge is 2.40. The van der Waals surface area contributed by atoms with Crippen molar-refractivity contribution >= 4 is 0 Å². The third-order valence-electron chi connectivity index (χ3n) is 4.14. The van der Waals surface area contributed by atoms with Gasteiger partial charge < -0.3 is 14.8 Å². The van der Waals surface area contributed by atoms with E-state index in [1.165, 1.54) is 24.3 Å². The van der Waals surface area contributed by atoms with Gasteiger partial charge in [-0.1, -0.05) is 50.2 Å². The van der Waals surface area contributed by atoms with Crippen molar-refractivity contribution in [3.8, 4) is 5.75 Å². The van der Waals surface area contributed by atoms with E-state index in [4.69, 9.17) is 9.47 Å². The summed E-state index contributed by atoms with van der Waals surface area (Å²) in [6.07, 6.45) is -4.39. The van der Waals surface area contributed by atoms with Gasteiger partial charge in [-0.2, -0.15) is 13.2 Å². The summed E-state index contributed by atoms with van der Waals surface area (Å²) in [5.41, 5.74) is 1.05. The molecule has 0 heterocycles. The van der Waals surface area contributed by atoms with E-state index < -0.39 is 12.2 Å². The van der Waals surface area contributed by atoms with Crippen LogP contribution >= 0.6 is 0 Å². The van der Waals surface area contributed by atoms with Crippen LogP contribution in [0.2, 0.25) is 0 Å². The van der Waals surface area contributed by atoms with Gasteiger partial charge in [-0.15, -0.1) is 0 Å². The maximum atomic E-state index is 13.4. The highest BCUT2D eigenvalue weighted by atomic mass is 19.4. The van der Waals surface area contributed by atoms with E-state index >= 15 is 0 Å². The number of rotatable bonds is 10. The number of hydrogen-bond acceptors (Lipinski definition) is 3. The Kier molecular flexibility index (Phi) is 8.26. The fourth-order valence-corrected chi connectivity index (χ4v) is 2.77. The van der Waals surface area contributed by atoms with Gasteiger partial charge >= 0.3 is 6.18 Å². The summed E-state index contributed by atoms with van der Waals surface area (Å²) < 4.78 is 63.9. The van der Waals surface area contributed by atoms with Gasteiger partial charge in [0.15, 0.2) is 0 Å². The number of hydrogen-bond donors (Lipinski definition) is 1. The second-order valence-electron chi connectivity index (χ2n) is 6.64. The largest absolute Gasteiger partial charge is 0.491 e. The fraction of sp³-hybridized carbons (Fsp3) is 0.429. The van der Waals surface area contributed by atoms with Crippen LogP contribution in [0.1, 0.15) is 36.9 Å². The van der Waals surface area contributed by atoms with Crippen LogP contribution in [0.3, 0.4) is 0 Å². The minimum Gasteiger partial charge on any atom is -0.491 e. The van der Waals surface area contributed by atoms with Crippen LogP contribution in [0, 0.1) is 5.82 Å². The molecule has 0 aliphatic heterocycles. The minimum absolute atomic E-state index is 0.0380. The van der Waals surface area contributed by atoms with Crippen molar-refractivity contribution < 1.29 is 27.0 Å². The molecule has 28 heavy (non-hydrogen) atoms.